The third-order valence-corrected chi connectivity index (χ3v) is 6.07. The van der Waals surface area contributed by atoms with Gasteiger partial charge in [-0.1, -0.05) is 48.3 Å². The minimum atomic E-state index is -0.796. The SMILES string of the molecule is C.C=C(C)C(=O)NCCCOC(CC)CC(C)C(=O)O.C=C(C)C(=O)NCCCOC(CC)CC(C)C(=O)OC(C)(C)C. The average Bonchev–Trinajstić information content (AvgIpc) is 2.89. The molecular formula is C33H62N2O8. The van der Waals surface area contributed by atoms with Crippen molar-refractivity contribution in [2.75, 3.05) is 26.3 Å². The van der Waals surface area contributed by atoms with Crippen LogP contribution in [0.5, 0.6) is 0 Å². The number of ether oxygens (including phenoxy) is 3. The van der Waals surface area contributed by atoms with Crippen molar-refractivity contribution in [3.63, 3.8) is 0 Å². The molecule has 0 rings (SSSR count). The number of hydrogen-bond acceptors (Lipinski definition) is 7. The zero-order chi connectivity index (χ0) is 32.9. The zero-order valence-electron chi connectivity index (χ0n) is 27.6. The lowest BCUT2D eigenvalue weighted by atomic mass is 10.0. The fraction of sp³-hybridized carbons (Fsp3) is 0.758. The molecule has 252 valence electrons. The summed E-state index contributed by atoms with van der Waals surface area (Å²) in [4.78, 5) is 45.3. The molecule has 4 unspecified atom stereocenters. The van der Waals surface area contributed by atoms with Crippen molar-refractivity contribution in [1.82, 2.24) is 10.6 Å². The van der Waals surface area contributed by atoms with E-state index in [0.29, 0.717) is 56.7 Å². The highest BCUT2D eigenvalue weighted by molar-refractivity contribution is 5.92. The van der Waals surface area contributed by atoms with Gasteiger partial charge in [0.25, 0.3) is 0 Å². The molecule has 0 fully saturated rings. The molecule has 43 heavy (non-hydrogen) atoms. The Morgan fingerprint density at radius 2 is 1.14 bits per heavy atom. The number of carboxylic acids is 1. The van der Waals surface area contributed by atoms with Crippen LogP contribution in [0, 0.1) is 11.8 Å². The summed E-state index contributed by atoms with van der Waals surface area (Å²) < 4.78 is 16.8. The molecule has 3 N–H and O–H groups in total. The van der Waals surface area contributed by atoms with Crippen LogP contribution < -0.4 is 10.6 Å². The molecule has 0 bridgehead atoms. The first-order valence-corrected chi connectivity index (χ1v) is 15.0. The van der Waals surface area contributed by atoms with Gasteiger partial charge in [0, 0.05) is 37.4 Å². The number of carbonyl (C=O) groups is 4. The van der Waals surface area contributed by atoms with Crippen LogP contribution in [0.2, 0.25) is 0 Å². The van der Waals surface area contributed by atoms with Crippen molar-refractivity contribution in [3.8, 4) is 0 Å². The molecule has 0 heterocycles. The molecule has 0 aromatic carbocycles. The van der Waals surface area contributed by atoms with Crippen LogP contribution in [0.15, 0.2) is 24.3 Å². The van der Waals surface area contributed by atoms with Gasteiger partial charge >= 0.3 is 11.9 Å². The summed E-state index contributed by atoms with van der Waals surface area (Å²) in [6.07, 6.45) is 4.21. The Balaban J connectivity index is -0.000000740. The standard InChI is InChI=1S/C18H33NO4.C14H25NO4.CH4/c1-8-15(12-14(4)17(21)23-18(5,6)7)22-11-9-10-19-16(20)13(2)3;1-5-12(9-11(4)14(17)18)19-8-6-7-15-13(16)10(2)3;/h14-15H,2,8-12H2,1,3-7H3,(H,19,20);11-12H,2,5-9H2,1,3-4H3,(H,15,16)(H,17,18);1H4. The maximum absolute atomic E-state index is 12.0. The fourth-order valence-corrected chi connectivity index (χ4v) is 3.44. The first kappa shape index (κ1) is 44.7. The Bertz CT molecular complexity index is 850. The molecule has 0 spiro atoms. The second kappa shape index (κ2) is 24.7. The van der Waals surface area contributed by atoms with Gasteiger partial charge in [-0.15, -0.1) is 0 Å². The van der Waals surface area contributed by atoms with Gasteiger partial charge in [-0.25, -0.2) is 0 Å². The number of hydrogen-bond donors (Lipinski definition) is 3. The molecule has 0 aliphatic rings. The summed E-state index contributed by atoms with van der Waals surface area (Å²) in [5.41, 5.74) is 0.529. The van der Waals surface area contributed by atoms with Gasteiger partial charge in [0.1, 0.15) is 5.60 Å². The third-order valence-electron chi connectivity index (χ3n) is 6.07. The van der Waals surface area contributed by atoms with E-state index in [1.807, 2.05) is 41.5 Å². The molecule has 0 aliphatic heterocycles. The second-order valence-electron chi connectivity index (χ2n) is 11.7. The molecule has 0 radical (unpaired) electrons. The van der Waals surface area contributed by atoms with Gasteiger partial charge in [-0.05, 0) is 73.1 Å². The number of nitrogens with one attached hydrogen (secondary N) is 2. The van der Waals surface area contributed by atoms with Gasteiger partial charge < -0.3 is 30.0 Å². The minimum Gasteiger partial charge on any atom is -0.481 e. The van der Waals surface area contributed by atoms with E-state index in [-0.39, 0.29) is 43.3 Å². The van der Waals surface area contributed by atoms with Crippen molar-refractivity contribution in [2.45, 2.75) is 126 Å². The highest BCUT2D eigenvalue weighted by Gasteiger charge is 2.24. The van der Waals surface area contributed by atoms with E-state index < -0.39 is 17.5 Å². The monoisotopic (exact) mass is 614 g/mol. The van der Waals surface area contributed by atoms with Crippen molar-refractivity contribution in [2.24, 2.45) is 11.8 Å². The molecule has 0 aromatic rings. The summed E-state index contributed by atoms with van der Waals surface area (Å²) in [5, 5.41) is 14.3. The summed E-state index contributed by atoms with van der Waals surface area (Å²) in [7, 11) is 0. The molecule has 4 atom stereocenters. The van der Waals surface area contributed by atoms with Crippen LogP contribution in [0.4, 0.5) is 0 Å². The predicted molar refractivity (Wildman–Crippen MR) is 173 cm³/mol. The van der Waals surface area contributed by atoms with Crippen molar-refractivity contribution < 1.29 is 38.5 Å². The smallest absolute Gasteiger partial charge is 0.309 e. The summed E-state index contributed by atoms with van der Waals surface area (Å²) >= 11 is 0. The summed E-state index contributed by atoms with van der Waals surface area (Å²) in [6.45, 7) is 25.8. The average molecular weight is 615 g/mol. The Morgan fingerprint density at radius 1 is 0.767 bits per heavy atom. The maximum Gasteiger partial charge on any atom is 0.309 e. The number of amides is 2. The Labute approximate surface area is 261 Å². The van der Waals surface area contributed by atoms with Gasteiger partial charge in [-0.2, -0.15) is 0 Å². The van der Waals surface area contributed by atoms with E-state index in [2.05, 4.69) is 23.8 Å². The van der Waals surface area contributed by atoms with E-state index in [4.69, 9.17) is 19.3 Å². The number of esters is 1. The predicted octanol–water partition coefficient (Wildman–Crippen LogP) is 5.84. The first-order chi connectivity index (χ1) is 19.4. The van der Waals surface area contributed by atoms with E-state index in [9.17, 15) is 19.2 Å². The molecule has 0 aromatic heterocycles. The van der Waals surface area contributed by atoms with Gasteiger partial charge in [-0.3, -0.25) is 19.2 Å². The lowest BCUT2D eigenvalue weighted by Crippen LogP contribution is -2.30. The summed E-state index contributed by atoms with van der Waals surface area (Å²) in [5.74, 6) is -1.85. The molecule has 0 saturated heterocycles. The van der Waals surface area contributed by atoms with Crippen LogP contribution in [0.1, 0.15) is 108 Å². The van der Waals surface area contributed by atoms with Crippen LogP contribution in [0.3, 0.4) is 0 Å². The lowest BCUT2D eigenvalue weighted by Gasteiger charge is -2.24. The fourth-order valence-electron chi connectivity index (χ4n) is 3.44. The minimum absolute atomic E-state index is 0. The quantitative estimate of drug-likeness (QED) is 0.0882. The van der Waals surface area contributed by atoms with Crippen LogP contribution in [-0.2, 0) is 33.4 Å². The molecule has 10 nitrogen and oxygen atoms in total. The van der Waals surface area contributed by atoms with Crippen LogP contribution in [0.25, 0.3) is 0 Å². The topological polar surface area (TPSA) is 140 Å². The lowest BCUT2D eigenvalue weighted by molar-refractivity contribution is -0.160. The van der Waals surface area contributed by atoms with E-state index in [0.717, 1.165) is 19.3 Å². The number of aliphatic carboxylic acids is 1. The Hall–Kier alpha value is -2.72. The van der Waals surface area contributed by atoms with Crippen molar-refractivity contribution >= 4 is 23.8 Å². The molecular weight excluding hydrogens is 552 g/mol. The van der Waals surface area contributed by atoms with Gasteiger partial charge in [0.2, 0.25) is 11.8 Å². The molecule has 0 saturated carbocycles. The Kier molecular flexibility index (Phi) is 25.7. The van der Waals surface area contributed by atoms with E-state index in [1.165, 1.54) is 0 Å². The highest BCUT2D eigenvalue weighted by Crippen LogP contribution is 2.18. The maximum atomic E-state index is 12.0. The first-order valence-electron chi connectivity index (χ1n) is 15.0. The normalized spacial score (nSPS) is 13.5. The number of carbonyl (C=O) groups excluding carboxylic acids is 3. The molecule has 10 heteroatoms. The van der Waals surface area contributed by atoms with Gasteiger partial charge in [0.05, 0.1) is 24.0 Å². The van der Waals surface area contributed by atoms with Crippen molar-refractivity contribution in [1.29, 1.82) is 0 Å². The third kappa shape index (κ3) is 25.5. The highest BCUT2D eigenvalue weighted by atomic mass is 16.6. The van der Waals surface area contributed by atoms with Gasteiger partial charge in [0.15, 0.2) is 0 Å². The Morgan fingerprint density at radius 3 is 1.44 bits per heavy atom. The van der Waals surface area contributed by atoms with E-state index >= 15 is 0 Å². The van der Waals surface area contributed by atoms with E-state index in [1.54, 1.807) is 20.8 Å². The van der Waals surface area contributed by atoms with Crippen LogP contribution in [-0.4, -0.2) is 73.0 Å². The molecule has 2 amide bonds. The van der Waals surface area contributed by atoms with Crippen LogP contribution >= 0.6 is 0 Å². The summed E-state index contributed by atoms with van der Waals surface area (Å²) in [6, 6.07) is 0. The number of carboxylic acid groups (broad SMARTS) is 1. The van der Waals surface area contributed by atoms with Crippen molar-refractivity contribution in [3.05, 3.63) is 24.3 Å². The molecule has 0 aliphatic carbocycles. The number of rotatable bonds is 20. The second-order valence-corrected chi connectivity index (χ2v) is 11.7. The largest absolute Gasteiger partial charge is 0.481 e. The zero-order valence-corrected chi connectivity index (χ0v) is 27.6.